The maximum atomic E-state index is 12.6. The third kappa shape index (κ3) is 3.04. The minimum Gasteiger partial charge on any atom is -0.421 e. The molecule has 1 heterocycles. The second kappa shape index (κ2) is 6.65. The summed E-state index contributed by atoms with van der Waals surface area (Å²) in [6, 6.07) is 27.6. The zero-order valence-electron chi connectivity index (χ0n) is 13.6. The molecule has 4 aromatic rings. The van der Waals surface area contributed by atoms with Gasteiger partial charge in [-0.1, -0.05) is 78.9 Å². The van der Waals surface area contributed by atoms with Gasteiger partial charge in [-0.15, -0.1) is 0 Å². The number of rotatable bonds is 4. The minimum absolute atomic E-state index is 0.353. The fraction of sp³-hybridized carbons (Fsp3) is 0.0455. The number of benzene rings is 3. The summed E-state index contributed by atoms with van der Waals surface area (Å²) in [5.74, 6) is 0. The Labute approximate surface area is 145 Å². The number of fused-ring (bicyclic) bond motifs is 1. The molecule has 0 saturated carbocycles. The SMILES string of the molecule is O=c1oc2ccccc2c(-c2ccccc2)c1NCc1ccccc1. The first-order valence-corrected chi connectivity index (χ1v) is 8.22. The lowest BCUT2D eigenvalue weighted by Crippen LogP contribution is -2.12. The first kappa shape index (κ1) is 15.2. The minimum atomic E-state index is -0.353. The summed E-state index contributed by atoms with van der Waals surface area (Å²) in [4.78, 5) is 12.6. The fourth-order valence-electron chi connectivity index (χ4n) is 3.00. The van der Waals surface area contributed by atoms with Gasteiger partial charge in [0.05, 0.1) is 0 Å². The van der Waals surface area contributed by atoms with Crippen molar-refractivity contribution in [2.24, 2.45) is 0 Å². The van der Waals surface area contributed by atoms with E-state index in [0.29, 0.717) is 17.8 Å². The topological polar surface area (TPSA) is 42.2 Å². The van der Waals surface area contributed by atoms with Crippen molar-refractivity contribution in [3.05, 3.63) is 101 Å². The summed E-state index contributed by atoms with van der Waals surface area (Å²) < 4.78 is 5.53. The molecule has 3 aromatic carbocycles. The Morgan fingerprint density at radius 1 is 0.760 bits per heavy atom. The molecule has 0 saturated heterocycles. The summed E-state index contributed by atoms with van der Waals surface area (Å²) in [6.07, 6.45) is 0. The van der Waals surface area contributed by atoms with Gasteiger partial charge in [0.1, 0.15) is 11.3 Å². The van der Waals surface area contributed by atoms with Gasteiger partial charge in [0.15, 0.2) is 0 Å². The second-order valence-corrected chi connectivity index (χ2v) is 5.84. The normalized spacial score (nSPS) is 10.7. The molecule has 0 aliphatic heterocycles. The first-order valence-electron chi connectivity index (χ1n) is 8.22. The average Bonchev–Trinajstić information content (AvgIpc) is 2.67. The number of hydrogen-bond acceptors (Lipinski definition) is 3. The maximum absolute atomic E-state index is 12.6. The van der Waals surface area contributed by atoms with Gasteiger partial charge in [-0.25, -0.2) is 4.79 Å². The Bertz CT molecular complexity index is 1050. The average molecular weight is 327 g/mol. The molecule has 0 aliphatic carbocycles. The molecule has 3 nitrogen and oxygen atoms in total. The predicted molar refractivity (Wildman–Crippen MR) is 102 cm³/mol. The molecule has 25 heavy (non-hydrogen) atoms. The van der Waals surface area contributed by atoms with Crippen LogP contribution in [0.15, 0.2) is 94.1 Å². The van der Waals surface area contributed by atoms with Crippen molar-refractivity contribution < 1.29 is 4.42 Å². The van der Waals surface area contributed by atoms with Crippen molar-refractivity contribution in [2.75, 3.05) is 5.32 Å². The van der Waals surface area contributed by atoms with Crippen LogP contribution in [-0.2, 0) is 6.54 Å². The maximum Gasteiger partial charge on any atom is 0.360 e. The molecular weight excluding hydrogens is 310 g/mol. The molecule has 0 atom stereocenters. The number of anilines is 1. The molecular formula is C22H17NO2. The molecule has 0 unspecified atom stereocenters. The van der Waals surface area contributed by atoms with Crippen LogP contribution < -0.4 is 10.9 Å². The van der Waals surface area contributed by atoms with Crippen molar-refractivity contribution in [1.82, 2.24) is 0 Å². The Hall–Kier alpha value is -3.33. The summed E-state index contributed by atoms with van der Waals surface area (Å²) in [5.41, 5.74) is 3.71. The van der Waals surface area contributed by atoms with E-state index in [2.05, 4.69) is 5.32 Å². The lowest BCUT2D eigenvalue weighted by molar-refractivity contribution is 0.563. The number of hydrogen-bond donors (Lipinski definition) is 1. The predicted octanol–water partition coefficient (Wildman–Crippen LogP) is 5.07. The summed E-state index contributed by atoms with van der Waals surface area (Å²) >= 11 is 0. The van der Waals surface area contributed by atoms with Gasteiger partial charge < -0.3 is 9.73 Å². The highest BCUT2D eigenvalue weighted by molar-refractivity contribution is 5.99. The monoisotopic (exact) mass is 327 g/mol. The van der Waals surface area contributed by atoms with E-state index in [1.165, 1.54) is 0 Å². The zero-order valence-corrected chi connectivity index (χ0v) is 13.6. The van der Waals surface area contributed by atoms with E-state index < -0.39 is 0 Å². The van der Waals surface area contributed by atoms with Gasteiger partial charge in [0.2, 0.25) is 0 Å². The van der Waals surface area contributed by atoms with Crippen LogP contribution in [0.25, 0.3) is 22.1 Å². The molecule has 4 rings (SSSR count). The number of nitrogens with one attached hydrogen (secondary N) is 1. The van der Waals surface area contributed by atoms with Gasteiger partial charge in [-0.05, 0) is 17.2 Å². The van der Waals surface area contributed by atoms with E-state index in [4.69, 9.17) is 4.42 Å². The van der Waals surface area contributed by atoms with Crippen molar-refractivity contribution in [1.29, 1.82) is 0 Å². The molecule has 122 valence electrons. The molecule has 0 amide bonds. The lowest BCUT2D eigenvalue weighted by Gasteiger charge is -2.13. The number of para-hydroxylation sites is 1. The largest absolute Gasteiger partial charge is 0.421 e. The Morgan fingerprint density at radius 3 is 2.16 bits per heavy atom. The molecule has 1 N–H and O–H groups in total. The van der Waals surface area contributed by atoms with E-state index in [1.807, 2.05) is 84.9 Å². The van der Waals surface area contributed by atoms with E-state index in [9.17, 15) is 4.79 Å². The van der Waals surface area contributed by atoms with Gasteiger partial charge in [0.25, 0.3) is 0 Å². The molecule has 3 heteroatoms. The zero-order chi connectivity index (χ0) is 17.1. The van der Waals surface area contributed by atoms with Crippen molar-refractivity contribution in [2.45, 2.75) is 6.54 Å². The standard InChI is InChI=1S/C22H17NO2/c24-22-21(23-15-16-9-3-1-4-10-16)20(17-11-5-2-6-12-17)18-13-7-8-14-19(18)25-22/h1-14,23H,15H2. The van der Waals surface area contributed by atoms with Crippen LogP contribution in [-0.4, -0.2) is 0 Å². The molecule has 0 bridgehead atoms. The van der Waals surface area contributed by atoms with Gasteiger partial charge in [-0.2, -0.15) is 0 Å². The van der Waals surface area contributed by atoms with Crippen LogP contribution in [0.4, 0.5) is 5.69 Å². The summed E-state index contributed by atoms with van der Waals surface area (Å²) in [7, 11) is 0. The van der Waals surface area contributed by atoms with Gasteiger partial charge in [0, 0.05) is 17.5 Å². The molecule has 0 spiro atoms. The van der Waals surface area contributed by atoms with Crippen molar-refractivity contribution >= 4 is 16.7 Å². The van der Waals surface area contributed by atoms with E-state index in [0.717, 1.165) is 22.1 Å². The summed E-state index contributed by atoms with van der Waals surface area (Å²) in [5, 5.41) is 4.20. The van der Waals surface area contributed by atoms with Crippen LogP contribution in [0.2, 0.25) is 0 Å². The summed E-state index contributed by atoms with van der Waals surface area (Å²) in [6.45, 7) is 0.559. The fourth-order valence-corrected chi connectivity index (χ4v) is 3.00. The molecule has 0 radical (unpaired) electrons. The Balaban J connectivity index is 1.88. The van der Waals surface area contributed by atoms with Crippen LogP contribution in [0.5, 0.6) is 0 Å². The van der Waals surface area contributed by atoms with Gasteiger partial charge >= 0.3 is 5.63 Å². The van der Waals surface area contributed by atoms with Crippen LogP contribution in [0.3, 0.4) is 0 Å². The van der Waals surface area contributed by atoms with Crippen LogP contribution in [0, 0.1) is 0 Å². The quantitative estimate of drug-likeness (QED) is 0.532. The van der Waals surface area contributed by atoms with Crippen LogP contribution >= 0.6 is 0 Å². The highest BCUT2D eigenvalue weighted by Crippen LogP contribution is 2.33. The Morgan fingerprint density at radius 2 is 1.40 bits per heavy atom. The van der Waals surface area contributed by atoms with Crippen molar-refractivity contribution in [3.8, 4) is 11.1 Å². The van der Waals surface area contributed by atoms with E-state index in [-0.39, 0.29) is 5.63 Å². The van der Waals surface area contributed by atoms with Crippen molar-refractivity contribution in [3.63, 3.8) is 0 Å². The molecule has 0 fully saturated rings. The highest BCUT2D eigenvalue weighted by Gasteiger charge is 2.15. The van der Waals surface area contributed by atoms with E-state index in [1.54, 1.807) is 0 Å². The Kier molecular flexibility index (Phi) is 4.05. The lowest BCUT2D eigenvalue weighted by atomic mass is 10.00. The first-order chi connectivity index (χ1) is 12.3. The van der Waals surface area contributed by atoms with E-state index >= 15 is 0 Å². The second-order valence-electron chi connectivity index (χ2n) is 5.84. The highest BCUT2D eigenvalue weighted by atomic mass is 16.4. The third-order valence-corrected chi connectivity index (χ3v) is 4.19. The third-order valence-electron chi connectivity index (χ3n) is 4.19. The molecule has 1 aromatic heterocycles. The van der Waals surface area contributed by atoms with Crippen LogP contribution in [0.1, 0.15) is 5.56 Å². The smallest absolute Gasteiger partial charge is 0.360 e. The molecule has 0 aliphatic rings. The van der Waals surface area contributed by atoms with Gasteiger partial charge in [-0.3, -0.25) is 0 Å².